The van der Waals surface area contributed by atoms with Crippen molar-refractivity contribution in [2.24, 2.45) is 23.8 Å². The zero-order valence-electron chi connectivity index (χ0n) is 6.11. The molecule has 0 aliphatic rings. The average Bonchev–Trinajstić information content (AvgIpc) is 2.14. The summed E-state index contributed by atoms with van der Waals surface area (Å²) in [5.74, 6) is 12.0. The highest BCUT2D eigenvalue weighted by atomic mass is 28.4. The number of hydrogen-bond acceptors (Lipinski definition) is 8. The van der Waals surface area contributed by atoms with Gasteiger partial charge >= 0.3 is 9.05 Å². The van der Waals surface area contributed by atoms with E-state index in [-0.39, 0.29) is 0 Å². The van der Waals surface area contributed by atoms with Crippen molar-refractivity contribution in [2.45, 2.75) is 0 Å². The van der Waals surface area contributed by atoms with Gasteiger partial charge in [-0.1, -0.05) is 0 Å². The van der Waals surface area contributed by atoms with Gasteiger partial charge in [-0.2, -0.15) is 23.8 Å². The summed E-state index contributed by atoms with van der Waals surface area (Å²) in [6.07, 6.45) is 0. The predicted molar refractivity (Wildman–Crippen MR) is 35.8 cm³/mol. The van der Waals surface area contributed by atoms with Gasteiger partial charge in [0.05, 0.1) is 0 Å². The minimum atomic E-state index is -4.61. The monoisotopic (exact) mass is 236 g/mol. The molecule has 0 heterocycles. The van der Waals surface area contributed by atoms with Crippen LogP contribution in [0.3, 0.4) is 0 Å². The van der Waals surface area contributed by atoms with E-state index < -0.39 is 9.05 Å². The molecule has 88 valence electrons. The van der Waals surface area contributed by atoms with Gasteiger partial charge in [0, 0.05) is 0 Å². The van der Waals surface area contributed by atoms with Gasteiger partial charge in [0.1, 0.15) is 0 Å². The number of rotatable bonds is 0. The van der Waals surface area contributed by atoms with Crippen LogP contribution in [-0.4, -0.2) is 28.2 Å². The Hall–Kier alpha value is -0.383. The Kier molecular flexibility index (Phi) is 93.7. The molecular weight excluding hydrogens is 224 g/mol. The van der Waals surface area contributed by atoms with Crippen LogP contribution in [0.1, 0.15) is 0 Å². The third kappa shape index (κ3) is 7320. The zero-order chi connectivity index (χ0) is 12.5. The van der Waals surface area contributed by atoms with Crippen molar-refractivity contribution in [3.05, 3.63) is 0 Å². The van der Waals surface area contributed by atoms with Gasteiger partial charge in [-0.25, -0.2) is 0 Å². The third-order valence-corrected chi connectivity index (χ3v) is 0. The van der Waals surface area contributed by atoms with E-state index in [1.807, 2.05) is 0 Å². The largest absolute Gasteiger partial charge is 0.668 e. The maximum atomic E-state index is 9.00. The maximum Gasteiger partial charge on any atom is 0.668 e. The van der Waals surface area contributed by atoms with Crippen LogP contribution in [0.5, 0.6) is 0 Å². The summed E-state index contributed by atoms with van der Waals surface area (Å²) in [4.78, 5) is 29.3. The molecule has 0 aliphatic carbocycles. The van der Waals surface area contributed by atoms with Crippen LogP contribution < -0.4 is 23.8 Å². The highest BCUT2D eigenvalue weighted by Crippen LogP contribution is 1.67. The lowest BCUT2D eigenvalue weighted by atomic mass is 13.8. The molecule has 0 saturated carbocycles. The van der Waals surface area contributed by atoms with Crippen LogP contribution in [0.2, 0.25) is 0 Å². The van der Waals surface area contributed by atoms with Crippen LogP contribution in [0.4, 0.5) is 17.9 Å². The molecule has 0 bridgehead atoms. The van der Waals surface area contributed by atoms with Crippen LogP contribution in [-0.2, 0) is 0 Å². The van der Waals surface area contributed by atoms with Gasteiger partial charge in [0.15, 0.2) is 0 Å². The molecule has 13 heteroatoms. The molecule has 0 spiro atoms. The first kappa shape index (κ1) is 29.3. The van der Waals surface area contributed by atoms with Crippen molar-refractivity contribution in [1.82, 2.24) is 0 Å². The van der Waals surface area contributed by atoms with Crippen LogP contribution in [0.15, 0.2) is 0 Å². The molecule has 0 atom stereocenters. The molecule has 0 aromatic carbocycles. The zero-order valence-corrected chi connectivity index (χ0v) is 7.11. The fourth-order valence-corrected chi connectivity index (χ4v) is 0. The quantitative estimate of drug-likeness (QED) is 0.122. The van der Waals surface area contributed by atoms with Gasteiger partial charge in [0.25, 0.3) is 0 Å². The predicted octanol–water partition coefficient (Wildman–Crippen LogP) is -3.29. The normalized spacial score (nSPS) is 6.46. The summed E-state index contributed by atoms with van der Waals surface area (Å²) in [5.41, 5.74) is 0. The minimum Gasteiger partial charge on any atom is -0.368 e. The fraction of sp³-hybridized carbons (Fsp3) is 0. The van der Waals surface area contributed by atoms with E-state index in [9.17, 15) is 0 Å². The second-order valence-electron chi connectivity index (χ2n) is 0.600. The highest BCUT2D eigenvalue weighted by molar-refractivity contribution is 6.46. The van der Waals surface area contributed by atoms with Gasteiger partial charge < -0.3 is 19.2 Å². The second-order valence-corrected chi connectivity index (χ2v) is 1.80. The smallest absolute Gasteiger partial charge is 0.368 e. The molecule has 13 heavy (non-hydrogen) atoms. The van der Waals surface area contributed by atoms with E-state index in [0.717, 1.165) is 0 Å². The van der Waals surface area contributed by atoms with E-state index in [1.54, 1.807) is 0 Å². The summed E-state index contributed by atoms with van der Waals surface area (Å²) in [7, 11) is -4.61. The van der Waals surface area contributed by atoms with Crippen LogP contribution in [0.25, 0.3) is 0 Å². The summed E-state index contributed by atoms with van der Waals surface area (Å²) in [6, 6.07) is 0. The fourth-order valence-electron chi connectivity index (χ4n) is 0. The lowest BCUT2D eigenvalue weighted by Crippen LogP contribution is -2.33. The highest BCUT2D eigenvalue weighted by Gasteiger charge is 2.22. The molecule has 0 aromatic rings. The van der Waals surface area contributed by atoms with Crippen molar-refractivity contribution < 1.29 is 37.1 Å². The molecule has 0 radical (unpaired) electrons. The van der Waals surface area contributed by atoms with Crippen molar-refractivity contribution in [1.29, 1.82) is 0 Å². The van der Waals surface area contributed by atoms with E-state index in [1.165, 1.54) is 0 Å². The number of hydrogen-bond donors (Lipinski definition) is 8. The molecule has 0 aromatic heterocycles. The molecule has 8 nitrogen and oxygen atoms in total. The molecule has 0 unspecified atom stereocenters. The Labute approximate surface area is 71.2 Å². The lowest BCUT2D eigenvalue weighted by molar-refractivity contribution is 0.117. The number of halogens is 4. The van der Waals surface area contributed by atoms with E-state index in [0.29, 0.717) is 0 Å². The maximum absolute atomic E-state index is 9.00. The summed E-state index contributed by atoms with van der Waals surface area (Å²) in [5, 5.41) is 0. The van der Waals surface area contributed by atoms with E-state index in [2.05, 4.69) is 23.8 Å². The van der Waals surface area contributed by atoms with Crippen molar-refractivity contribution >= 4 is 9.05 Å². The molecule has 0 saturated heterocycles. The summed E-state index contributed by atoms with van der Waals surface area (Å²) in [6.45, 7) is 0. The van der Waals surface area contributed by atoms with Gasteiger partial charge in [-0.15, -0.1) is 17.9 Å². The van der Waals surface area contributed by atoms with Gasteiger partial charge in [-0.05, 0) is 0 Å². The minimum absolute atomic E-state index is 3.00. The van der Waals surface area contributed by atoms with Crippen molar-refractivity contribution in [3.8, 4) is 0 Å². The third-order valence-electron chi connectivity index (χ3n) is 0. The van der Waals surface area contributed by atoms with E-state index in [4.69, 9.17) is 37.1 Å². The summed E-state index contributed by atoms with van der Waals surface area (Å²) < 4.78 is 36.0. The molecule has 0 aliphatic heterocycles. The van der Waals surface area contributed by atoms with Crippen LogP contribution >= 0.6 is 0 Å². The Morgan fingerprint density at radius 1 is 0.538 bits per heavy atom. The topological polar surface area (TPSA) is 185 Å². The first-order valence-electron chi connectivity index (χ1n) is 1.77. The Balaban J connectivity index is -0.0000000230. The molecule has 0 rings (SSSR count). The van der Waals surface area contributed by atoms with Crippen molar-refractivity contribution in [2.75, 3.05) is 0 Å². The van der Waals surface area contributed by atoms with Crippen molar-refractivity contribution in [3.63, 3.8) is 0 Å². The second kappa shape index (κ2) is 41.5. The molecule has 12 N–H and O–H groups in total. The van der Waals surface area contributed by atoms with E-state index >= 15 is 0 Å². The Morgan fingerprint density at radius 3 is 0.538 bits per heavy atom. The molecule has 0 amide bonds. The lowest BCUT2D eigenvalue weighted by Gasteiger charge is -1.91. The number of nitrogens with two attached hydrogens (primary N) is 4. The SMILES string of the molecule is NF.NF.NF.NF.O[Si](O)(O)O. The van der Waals surface area contributed by atoms with Gasteiger partial charge in [-0.3, -0.25) is 0 Å². The standard InChI is InChI=1S/4FH2N.H4O4Si/c4*1-2;1-5(2,3)4/h4*2H2;1-4H. The molecule has 0 fully saturated rings. The Bertz CT molecular complexity index is 39.6. The first-order valence-corrected chi connectivity index (χ1v) is 3.56. The average molecular weight is 236 g/mol. The Morgan fingerprint density at radius 2 is 0.538 bits per heavy atom. The summed E-state index contributed by atoms with van der Waals surface area (Å²) >= 11 is 0. The van der Waals surface area contributed by atoms with Gasteiger partial charge in [0.2, 0.25) is 0 Å². The van der Waals surface area contributed by atoms with Crippen LogP contribution in [0, 0.1) is 0 Å². The molecular formula is H12F4N4O4Si. The first-order chi connectivity index (χ1) is 6.00.